The minimum Gasteiger partial charge on any atom is -0.360 e. The minimum absolute atomic E-state index is 0.0822. The molecule has 3 heteroatoms. The fourth-order valence-electron chi connectivity index (χ4n) is 2.22. The van der Waals surface area contributed by atoms with E-state index in [1.807, 2.05) is 12.1 Å². The van der Waals surface area contributed by atoms with Crippen molar-refractivity contribution in [2.45, 2.75) is 20.8 Å². The molecule has 1 amide bonds. The highest BCUT2D eigenvalue weighted by atomic mass is 16.2. The highest BCUT2D eigenvalue weighted by Crippen LogP contribution is 2.32. The topological polar surface area (TPSA) is 32.3 Å². The Balaban J connectivity index is 2.39. The van der Waals surface area contributed by atoms with Crippen molar-refractivity contribution in [1.29, 1.82) is 0 Å². The molecule has 0 saturated heterocycles. The molecule has 0 saturated carbocycles. The Morgan fingerprint density at radius 2 is 2.19 bits per heavy atom. The number of para-hydroxylation sites is 1. The van der Waals surface area contributed by atoms with Gasteiger partial charge in [0.2, 0.25) is 5.91 Å². The maximum atomic E-state index is 11.6. The molecule has 1 aliphatic heterocycles. The van der Waals surface area contributed by atoms with Crippen LogP contribution in [0.15, 0.2) is 18.2 Å². The number of rotatable bonds is 2. The van der Waals surface area contributed by atoms with Crippen LogP contribution >= 0.6 is 0 Å². The van der Waals surface area contributed by atoms with Crippen LogP contribution in [0.3, 0.4) is 0 Å². The van der Waals surface area contributed by atoms with Gasteiger partial charge in [-0.3, -0.25) is 4.79 Å². The number of benzene rings is 1. The maximum absolute atomic E-state index is 11.6. The van der Waals surface area contributed by atoms with E-state index in [2.05, 4.69) is 37.1 Å². The molecule has 0 aromatic heterocycles. The van der Waals surface area contributed by atoms with E-state index in [4.69, 9.17) is 0 Å². The average molecular weight is 218 g/mol. The molecule has 0 radical (unpaired) electrons. The third kappa shape index (κ3) is 2.03. The fourth-order valence-corrected chi connectivity index (χ4v) is 2.22. The number of fused-ring (bicyclic) bond motifs is 1. The van der Waals surface area contributed by atoms with Crippen molar-refractivity contribution in [2.75, 3.05) is 23.3 Å². The van der Waals surface area contributed by atoms with E-state index >= 15 is 0 Å². The summed E-state index contributed by atoms with van der Waals surface area (Å²) in [6, 6.07) is 6.03. The highest BCUT2D eigenvalue weighted by Gasteiger charge is 2.23. The molecule has 1 aromatic carbocycles. The van der Waals surface area contributed by atoms with Gasteiger partial charge in [-0.1, -0.05) is 26.0 Å². The lowest BCUT2D eigenvalue weighted by molar-refractivity contribution is -0.115. The van der Waals surface area contributed by atoms with Crippen LogP contribution in [0.25, 0.3) is 0 Å². The summed E-state index contributed by atoms with van der Waals surface area (Å²) in [6.07, 6.45) is 0. The van der Waals surface area contributed by atoms with Crippen LogP contribution in [0, 0.1) is 12.8 Å². The first-order chi connectivity index (χ1) is 7.58. The quantitative estimate of drug-likeness (QED) is 0.826. The molecule has 2 rings (SSSR count). The molecule has 3 nitrogen and oxygen atoms in total. The molecule has 0 bridgehead atoms. The number of hydrogen-bond donors (Lipinski definition) is 1. The summed E-state index contributed by atoms with van der Waals surface area (Å²) in [6.45, 7) is 7.82. The molecule has 86 valence electrons. The number of anilines is 2. The van der Waals surface area contributed by atoms with E-state index in [-0.39, 0.29) is 5.91 Å². The number of nitrogens with one attached hydrogen (secondary N) is 1. The largest absolute Gasteiger partial charge is 0.360 e. The van der Waals surface area contributed by atoms with E-state index in [9.17, 15) is 4.79 Å². The van der Waals surface area contributed by atoms with Crippen molar-refractivity contribution in [3.05, 3.63) is 23.8 Å². The zero-order chi connectivity index (χ0) is 11.7. The Kier molecular flexibility index (Phi) is 2.86. The molecular formula is C13H18N2O. The van der Waals surface area contributed by atoms with Crippen molar-refractivity contribution in [2.24, 2.45) is 5.92 Å². The maximum Gasteiger partial charge on any atom is 0.243 e. The molecule has 1 aromatic rings. The van der Waals surface area contributed by atoms with E-state index in [0.717, 1.165) is 12.2 Å². The third-order valence-corrected chi connectivity index (χ3v) is 2.75. The van der Waals surface area contributed by atoms with Gasteiger partial charge in [0, 0.05) is 6.54 Å². The van der Waals surface area contributed by atoms with Crippen LogP contribution in [-0.2, 0) is 4.79 Å². The normalized spacial score (nSPS) is 15.0. The lowest BCUT2D eigenvalue weighted by Gasteiger charge is -2.33. The van der Waals surface area contributed by atoms with Crippen molar-refractivity contribution in [3.8, 4) is 0 Å². The molecule has 1 aliphatic rings. The Morgan fingerprint density at radius 1 is 1.44 bits per heavy atom. The Hall–Kier alpha value is -1.51. The number of carbonyl (C=O) groups is 1. The summed E-state index contributed by atoms with van der Waals surface area (Å²) in [4.78, 5) is 13.8. The molecule has 1 N–H and O–H groups in total. The van der Waals surface area contributed by atoms with Crippen molar-refractivity contribution >= 4 is 17.3 Å². The molecule has 0 atom stereocenters. The SMILES string of the molecule is Cc1cccc2c1N(CC(C)C)CC(=O)N2. The van der Waals surface area contributed by atoms with Gasteiger partial charge in [-0.25, -0.2) is 0 Å². The van der Waals surface area contributed by atoms with Crippen LogP contribution in [0.5, 0.6) is 0 Å². The minimum atomic E-state index is 0.0822. The first-order valence-corrected chi connectivity index (χ1v) is 5.72. The zero-order valence-corrected chi connectivity index (χ0v) is 10.1. The van der Waals surface area contributed by atoms with Gasteiger partial charge >= 0.3 is 0 Å². The monoisotopic (exact) mass is 218 g/mol. The fraction of sp³-hybridized carbons (Fsp3) is 0.462. The summed E-state index contributed by atoms with van der Waals surface area (Å²) in [5, 5.41) is 2.92. The van der Waals surface area contributed by atoms with Crippen LogP contribution in [0.4, 0.5) is 11.4 Å². The van der Waals surface area contributed by atoms with Gasteiger partial charge in [0.1, 0.15) is 0 Å². The predicted octanol–water partition coefficient (Wildman–Crippen LogP) is 2.41. The lowest BCUT2D eigenvalue weighted by Crippen LogP contribution is -2.40. The molecule has 0 spiro atoms. The van der Waals surface area contributed by atoms with Crippen molar-refractivity contribution in [1.82, 2.24) is 0 Å². The smallest absolute Gasteiger partial charge is 0.243 e. The molecule has 0 aliphatic carbocycles. The number of carbonyl (C=O) groups excluding carboxylic acids is 1. The number of nitrogens with zero attached hydrogens (tertiary/aromatic N) is 1. The highest BCUT2D eigenvalue weighted by molar-refractivity contribution is 6.01. The number of hydrogen-bond acceptors (Lipinski definition) is 2. The van der Waals surface area contributed by atoms with Crippen molar-refractivity contribution < 1.29 is 4.79 Å². The van der Waals surface area contributed by atoms with Crippen molar-refractivity contribution in [3.63, 3.8) is 0 Å². The second-order valence-corrected chi connectivity index (χ2v) is 4.79. The van der Waals surface area contributed by atoms with E-state index < -0.39 is 0 Å². The van der Waals surface area contributed by atoms with Crippen LogP contribution in [0.1, 0.15) is 19.4 Å². The molecule has 16 heavy (non-hydrogen) atoms. The van der Waals surface area contributed by atoms with Gasteiger partial charge in [0.25, 0.3) is 0 Å². The van der Waals surface area contributed by atoms with Crippen LogP contribution in [-0.4, -0.2) is 19.0 Å². The molecule has 0 unspecified atom stereocenters. The van der Waals surface area contributed by atoms with E-state index in [0.29, 0.717) is 12.5 Å². The predicted molar refractivity (Wildman–Crippen MR) is 66.9 cm³/mol. The van der Waals surface area contributed by atoms with Gasteiger partial charge in [0.15, 0.2) is 0 Å². The van der Waals surface area contributed by atoms with Crippen LogP contribution < -0.4 is 10.2 Å². The first-order valence-electron chi connectivity index (χ1n) is 5.72. The van der Waals surface area contributed by atoms with Crippen LogP contribution in [0.2, 0.25) is 0 Å². The summed E-state index contributed by atoms with van der Waals surface area (Å²) in [5.74, 6) is 0.636. The zero-order valence-electron chi connectivity index (χ0n) is 10.1. The number of aryl methyl sites for hydroxylation is 1. The summed E-state index contributed by atoms with van der Waals surface area (Å²) in [5.41, 5.74) is 3.34. The van der Waals surface area contributed by atoms with Gasteiger partial charge < -0.3 is 10.2 Å². The molecule has 0 fully saturated rings. The van der Waals surface area contributed by atoms with Gasteiger partial charge in [-0.05, 0) is 24.5 Å². The second kappa shape index (κ2) is 4.16. The standard InChI is InChI=1S/C13H18N2O/c1-9(2)7-15-8-12(16)14-11-6-4-5-10(3)13(11)15/h4-6,9H,7-8H2,1-3H3,(H,14,16). The molecule has 1 heterocycles. The first kappa shape index (κ1) is 11.0. The van der Waals surface area contributed by atoms with E-state index in [1.54, 1.807) is 0 Å². The van der Waals surface area contributed by atoms with Gasteiger partial charge in [0.05, 0.1) is 17.9 Å². The Bertz CT molecular complexity index is 412. The summed E-state index contributed by atoms with van der Waals surface area (Å²) >= 11 is 0. The number of amides is 1. The van der Waals surface area contributed by atoms with E-state index in [1.165, 1.54) is 11.3 Å². The second-order valence-electron chi connectivity index (χ2n) is 4.79. The van der Waals surface area contributed by atoms with Gasteiger partial charge in [-0.2, -0.15) is 0 Å². The van der Waals surface area contributed by atoms with Gasteiger partial charge in [-0.15, -0.1) is 0 Å². The summed E-state index contributed by atoms with van der Waals surface area (Å²) in [7, 11) is 0. The average Bonchev–Trinajstić information content (AvgIpc) is 2.15. The molecular weight excluding hydrogens is 200 g/mol. The lowest BCUT2D eigenvalue weighted by atomic mass is 10.1. The summed E-state index contributed by atoms with van der Waals surface area (Å²) < 4.78 is 0. The third-order valence-electron chi connectivity index (χ3n) is 2.75. The Labute approximate surface area is 96.5 Å². The Morgan fingerprint density at radius 3 is 2.88 bits per heavy atom.